The Labute approximate surface area is 121 Å². The van der Waals surface area contributed by atoms with Gasteiger partial charge in [0, 0.05) is 25.2 Å². The smallest absolute Gasteiger partial charge is 0.123 e. The van der Waals surface area contributed by atoms with Crippen molar-refractivity contribution >= 4 is 0 Å². The van der Waals surface area contributed by atoms with E-state index in [4.69, 9.17) is 4.74 Å². The molecule has 1 aliphatic rings. The summed E-state index contributed by atoms with van der Waals surface area (Å²) < 4.78 is 5.76. The van der Waals surface area contributed by atoms with Gasteiger partial charge in [0.25, 0.3) is 0 Å². The second kappa shape index (κ2) is 6.74. The lowest BCUT2D eigenvalue weighted by Gasteiger charge is -2.30. The number of nitrogens with zero attached hydrogens (tertiary/aromatic N) is 2. The first-order chi connectivity index (χ1) is 9.67. The molecule has 1 N–H and O–H groups in total. The third-order valence-electron chi connectivity index (χ3n) is 3.58. The fourth-order valence-electron chi connectivity index (χ4n) is 2.49. The number of rotatable bonds is 5. The predicted molar refractivity (Wildman–Crippen MR) is 79.5 cm³/mol. The number of fused-ring (bicyclic) bond motifs is 1. The Balaban J connectivity index is 2.05. The number of nitrogens with one attached hydrogen (secondary N) is 1. The van der Waals surface area contributed by atoms with Crippen LogP contribution in [0.15, 0.2) is 24.3 Å². The van der Waals surface area contributed by atoms with Crippen LogP contribution in [0.2, 0.25) is 0 Å². The minimum Gasteiger partial charge on any atom is -0.492 e. The first-order valence-electron chi connectivity index (χ1n) is 7.26. The van der Waals surface area contributed by atoms with Crippen molar-refractivity contribution in [1.29, 1.82) is 5.26 Å². The van der Waals surface area contributed by atoms with E-state index in [1.54, 1.807) is 0 Å². The number of hydrogen-bond donors (Lipinski definition) is 1. The van der Waals surface area contributed by atoms with Crippen LogP contribution in [-0.4, -0.2) is 36.7 Å². The molecule has 0 spiro atoms. The van der Waals surface area contributed by atoms with Crippen molar-refractivity contribution in [2.45, 2.75) is 32.4 Å². The lowest BCUT2D eigenvalue weighted by Crippen LogP contribution is -2.50. The standard InChI is InChI=1S/C16H23N3O/c1-3-8-18-16(2,12-17)13-19-9-10-20-15-7-5-4-6-14(15)11-19/h4-7,18H,3,8-11,13H2,1-2H3. The number of ether oxygens (including phenoxy) is 1. The zero-order valence-corrected chi connectivity index (χ0v) is 12.4. The molecule has 108 valence electrons. The molecule has 0 bridgehead atoms. The van der Waals surface area contributed by atoms with Gasteiger partial charge >= 0.3 is 0 Å². The quantitative estimate of drug-likeness (QED) is 0.893. The van der Waals surface area contributed by atoms with Gasteiger partial charge in [-0.1, -0.05) is 25.1 Å². The Morgan fingerprint density at radius 2 is 2.25 bits per heavy atom. The lowest BCUT2D eigenvalue weighted by molar-refractivity contribution is 0.191. The monoisotopic (exact) mass is 273 g/mol. The second-order valence-corrected chi connectivity index (χ2v) is 5.54. The maximum atomic E-state index is 9.44. The van der Waals surface area contributed by atoms with E-state index in [1.165, 1.54) is 5.56 Å². The summed E-state index contributed by atoms with van der Waals surface area (Å²) in [7, 11) is 0. The van der Waals surface area contributed by atoms with Gasteiger partial charge in [-0.25, -0.2) is 0 Å². The number of benzene rings is 1. The van der Waals surface area contributed by atoms with Gasteiger partial charge in [0.15, 0.2) is 0 Å². The Morgan fingerprint density at radius 1 is 1.45 bits per heavy atom. The van der Waals surface area contributed by atoms with Crippen molar-refractivity contribution < 1.29 is 4.74 Å². The molecule has 0 fully saturated rings. The summed E-state index contributed by atoms with van der Waals surface area (Å²) in [5.41, 5.74) is 0.690. The highest BCUT2D eigenvalue weighted by atomic mass is 16.5. The van der Waals surface area contributed by atoms with Crippen molar-refractivity contribution in [1.82, 2.24) is 10.2 Å². The van der Waals surface area contributed by atoms with E-state index >= 15 is 0 Å². The van der Waals surface area contributed by atoms with Crippen LogP contribution in [0.3, 0.4) is 0 Å². The molecule has 2 rings (SSSR count). The molecule has 0 saturated heterocycles. The van der Waals surface area contributed by atoms with Crippen molar-refractivity contribution in [2.75, 3.05) is 26.2 Å². The van der Waals surface area contributed by atoms with Gasteiger partial charge in [-0.05, 0) is 26.0 Å². The van der Waals surface area contributed by atoms with E-state index in [0.29, 0.717) is 13.2 Å². The minimum atomic E-state index is -0.505. The molecule has 1 atom stereocenters. The molecule has 0 saturated carbocycles. The van der Waals surface area contributed by atoms with Crippen LogP contribution >= 0.6 is 0 Å². The van der Waals surface area contributed by atoms with Crippen molar-refractivity contribution in [3.8, 4) is 11.8 Å². The zero-order chi connectivity index (χ0) is 14.4. The lowest BCUT2D eigenvalue weighted by atomic mass is 10.0. The third-order valence-corrected chi connectivity index (χ3v) is 3.58. The molecule has 20 heavy (non-hydrogen) atoms. The average Bonchev–Trinajstić information content (AvgIpc) is 2.66. The number of hydrogen-bond acceptors (Lipinski definition) is 4. The van der Waals surface area contributed by atoms with Crippen LogP contribution in [0, 0.1) is 11.3 Å². The molecule has 0 aromatic heterocycles. The summed E-state index contributed by atoms with van der Waals surface area (Å²) in [6.07, 6.45) is 1.03. The molecule has 1 heterocycles. The maximum absolute atomic E-state index is 9.44. The SMILES string of the molecule is CCCNC(C)(C#N)CN1CCOc2ccccc2C1. The van der Waals surface area contributed by atoms with Gasteiger partial charge in [0.05, 0.1) is 6.07 Å². The largest absolute Gasteiger partial charge is 0.492 e. The Morgan fingerprint density at radius 3 is 3.00 bits per heavy atom. The Kier molecular flexibility index (Phi) is 4.99. The van der Waals surface area contributed by atoms with Crippen LogP contribution in [0.1, 0.15) is 25.8 Å². The molecule has 4 heteroatoms. The molecule has 4 nitrogen and oxygen atoms in total. The first-order valence-corrected chi connectivity index (χ1v) is 7.26. The normalized spacial score (nSPS) is 18.2. The van der Waals surface area contributed by atoms with Crippen molar-refractivity contribution in [3.05, 3.63) is 29.8 Å². The topological polar surface area (TPSA) is 48.3 Å². The van der Waals surface area contributed by atoms with Gasteiger partial charge in [0.1, 0.15) is 17.9 Å². The van der Waals surface area contributed by atoms with Crippen LogP contribution in [0.4, 0.5) is 0 Å². The molecule has 1 aliphatic heterocycles. The van der Waals surface area contributed by atoms with Crippen LogP contribution in [0.25, 0.3) is 0 Å². The van der Waals surface area contributed by atoms with Gasteiger partial charge < -0.3 is 4.74 Å². The van der Waals surface area contributed by atoms with Crippen LogP contribution < -0.4 is 10.1 Å². The maximum Gasteiger partial charge on any atom is 0.123 e. The van der Waals surface area contributed by atoms with Crippen molar-refractivity contribution in [3.63, 3.8) is 0 Å². The third kappa shape index (κ3) is 3.72. The first kappa shape index (κ1) is 14.8. The molecule has 1 unspecified atom stereocenters. The average molecular weight is 273 g/mol. The highest BCUT2D eigenvalue weighted by Crippen LogP contribution is 2.23. The summed E-state index contributed by atoms with van der Waals surface area (Å²) >= 11 is 0. The molecular weight excluding hydrogens is 250 g/mol. The summed E-state index contributed by atoms with van der Waals surface area (Å²) in [4.78, 5) is 2.29. The van der Waals surface area contributed by atoms with Gasteiger partial charge in [0.2, 0.25) is 0 Å². The predicted octanol–water partition coefficient (Wildman–Crippen LogP) is 2.16. The van der Waals surface area contributed by atoms with E-state index in [-0.39, 0.29) is 0 Å². The summed E-state index contributed by atoms with van der Waals surface area (Å²) in [5.74, 6) is 0.968. The van der Waals surface area contributed by atoms with Crippen LogP contribution in [0.5, 0.6) is 5.75 Å². The van der Waals surface area contributed by atoms with E-state index in [0.717, 1.165) is 31.8 Å². The van der Waals surface area contributed by atoms with E-state index < -0.39 is 5.54 Å². The number of nitriles is 1. The van der Waals surface area contributed by atoms with E-state index in [9.17, 15) is 5.26 Å². The molecule has 1 aromatic carbocycles. The molecule has 0 aliphatic carbocycles. The van der Waals surface area contributed by atoms with Gasteiger partial charge in [-0.15, -0.1) is 0 Å². The minimum absolute atomic E-state index is 0.505. The number of para-hydroxylation sites is 1. The van der Waals surface area contributed by atoms with Crippen LogP contribution in [-0.2, 0) is 6.54 Å². The highest BCUT2D eigenvalue weighted by Gasteiger charge is 2.27. The molecule has 1 aromatic rings. The Bertz CT molecular complexity index is 483. The zero-order valence-electron chi connectivity index (χ0n) is 12.4. The summed E-state index contributed by atoms with van der Waals surface area (Å²) in [5, 5.41) is 12.8. The summed E-state index contributed by atoms with van der Waals surface area (Å²) in [6.45, 7) is 8.01. The second-order valence-electron chi connectivity index (χ2n) is 5.54. The van der Waals surface area contributed by atoms with E-state index in [1.807, 2.05) is 25.1 Å². The van der Waals surface area contributed by atoms with Crippen molar-refractivity contribution in [2.24, 2.45) is 0 Å². The van der Waals surface area contributed by atoms with Gasteiger partial charge in [-0.3, -0.25) is 10.2 Å². The molecule has 0 amide bonds. The Hall–Kier alpha value is -1.57. The van der Waals surface area contributed by atoms with Gasteiger partial charge in [-0.2, -0.15) is 5.26 Å². The molecule has 0 radical (unpaired) electrons. The summed E-state index contributed by atoms with van der Waals surface area (Å²) in [6, 6.07) is 10.5. The fourth-order valence-corrected chi connectivity index (χ4v) is 2.49. The fraction of sp³-hybridized carbons (Fsp3) is 0.562. The molecular formula is C16H23N3O. The van der Waals surface area contributed by atoms with E-state index in [2.05, 4.69) is 29.3 Å². The highest BCUT2D eigenvalue weighted by molar-refractivity contribution is 5.33.